The summed E-state index contributed by atoms with van der Waals surface area (Å²) in [5.41, 5.74) is 16.2. The molecule has 464 valence electrons. The van der Waals surface area contributed by atoms with E-state index in [-0.39, 0.29) is 50.1 Å². The van der Waals surface area contributed by atoms with Crippen molar-refractivity contribution in [3.63, 3.8) is 0 Å². The van der Waals surface area contributed by atoms with E-state index in [1.807, 2.05) is 72.8 Å². The molecule has 2 heterocycles. The third kappa shape index (κ3) is 16.2. The van der Waals surface area contributed by atoms with Crippen molar-refractivity contribution in [1.82, 2.24) is 31.2 Å². The topological polar surface area (TPSA) is 202 Å². The van der Waals surface area contributed by atoms with Crippen molar-refractivity contribution in [3.05, 3.63) is 215 Å². The van der Waals surface area contributed by atoms with Gasteiger partial charge in [-0.25, -0.2) is 9.59 Å². The van der Waals surface area contributed by atoms with Crippen LogP contribution in [-0.4, -0.2) is 113 Å². The fourth-order valence-electron chi connectivity index (χ4n) is 13.2. The molecule has 15 nitrogen and oxygen atoms in total. The summed E-state index contributed by atoms with van der Waals surface area (Å²) in [4.78, 5) is 46.2. The Hall–Kier alpha value is -7.77. The molecular weight excluding hydrogens is 1150 g/mol. The quantitative estimate of drug-likeness (QED) is 0.0203. The minimum atomic E-state index is -2.81. The number of H-pyrrole nitrogens is 2. The Morgan fingerprint density at radius 3 is 1.64 bits per heavy atom. The lowest BCUT2D eigenvalue weighted by Gasteiger charge is -2.21. The Bertz CT molecular complexity index is 3850. The molecular formula is C72H82N6O9P2. The van der Waals surface area contributed by atoms with E-state index in [9.17, 15) is 23.5 Å². The van der Waals surface area contributed by atoms with Crippen molar-refractivity contribution in [2.24, 2.45) is 11.8 Å². The van der Waals surface area contributed by atoms with E-state index in [2.05, 4.69) is 128 Å². The predicted molar refractivity (Wildman–Crippen MR) is 356 cm³/mol. The van der Waals surface area contributed by atoms with Crippen LogP contribution in [0, 0.1) is 11.8 Å². The molecule has 17 heteroatoms. The molecule has 89 heavy (non-hydrogen) atoms. The molecule has 2 fully saturated rings. The third-order valence-corrected chi connectivity index (χ3v) is 19.0. The molecule has 0 bridgehead atoms. The Morgan fingerprint density at radius 1 is 0.584 bits per heavy atom. The third-order valence-electron chi connectivity index (χ3n) is 17.4. The number of aromatic nitrogens is 2. The molecule has 0 spiro atoms. The minimum absolute atomic E-state index is 0.0118. The predicted octanol–water partition coefficient (Wildman–Crippen LogP) is 14.5. The van der Waals surface area contributed by atoms with Gasteiger partial charge in [0.15, 0.2) is 14.7 Å². The maximum Gasteiger partial charge on any atom is 0.407 e. The van der Waals surface area contributed by atoms with Gasteiger partial charge in [-0.2, -0.15) is 0 Å². The molecule has 0 saturated heterocycles. The van der Waals surface area contributed by atoms with Gasteiger partial charge in [0.2, 0.25) is 5.91 Å². The van der Waals surface area contributed by atoms with Crippen LogP contribution >= 0.6 is 14.7 Å². The second-order valence-corrected chi connectivity index (χ2v) is 30.0. The van der Waals surface area contributed by atoms with Crippen molar-refractivity contribution < 1.29 is 42.0 Å². The summed E-state index contributed by atoms with van der Waals surface area (Å²) in [6, 6.07) is 50.6. The average Bonchev–Trinajstić information content (AvgIpc) is 1.74. The van der Waals surface area contributed by atoms with Crippen LogP contribution in [0.3, 0.4) is 0 Å². The largest absolute Gasteiger partial charge is 0.449 e. The van der Waals surface area contributed by atoms with Crippen LogP contribution in [0.4, 0.5) is 9.59 Å². The first-order valence-corrected chi connectivity index (χ1v) is 36.3. The zero-order valence-electron chi connectivity index (χ0n) is 51.3. The van der Waals surface area contributed by atoms with E-state index in [0.29, 0.717) is 18.9 Å². The number of nitrogens with one attached hydrogen (secondary N) is 6. The van der Waals surface area contributed by atoms with Gasteiger partial charge in [-0.15, -0.1) is 0 Å². The molecule has 3 amide bonds. The van der Waals surface area contributed by atoms with Gasteiger partial charge >= 0.3 is 12.2 Å². The molecule has 0 aliphatic heterocycles. The number of aromatic amines is 2. The summed E-state index contributed by atoms with van der Waals surface area (Å²) in [5.74, 6) is 0.0129. The molecule has 1 unspecified atom stereocenters. The van der Waals surface area contributed by atoms with Crippen LogP contribution < -0.4 is 21.3 Å². The van der Waals surface area contributed by atoms with Crippen LogP contribution in [0.1, 0.15) is 83.9 Å². The monoisotopic (exact) mass is 1240 g/mol. The minimum Gasteiger partial charge on any atom is -0.449 e. The smallest absolute Gasteiger partial charge is 0.407 e. The zero-order chi connectivity index (χ0) is 61.9. The highest BCUT2D eigenvalue weighted by Crippen LogP contribution is 2.46. The number of amides is 3. The standard InChI is InChI=1S/C36H40N3O5P.C36H42N3O4P/c1-45(2,42)44-22-27(39-36(41)43-23-33-31-14-6-4-12-29(31)30-13-5-7-15-32(30)33)20-24-11-9-16-28(24)35(40)37-19-18-26-21-25-10-3-8-17-34(25)38-26;1-44(2,41)43-23-28(39-36(40)42-24-34-32-15-5-3-13-30(32)31-14-4-6-16-33(31)34)20-25-10-9-11-26(25)21-37-19-18-27-22-38-35-17-8-7-12-29(27)35/h3-8,10,12-15,17,20-21,27-28,33,38H,9,11,16,18-19,22-23H2,1-2H3,(H,37,40)(H,39,41);3-8,12-17,20,22,26,28,34,37-38H,9-11,18-19,21,23-24H2,1-2H3,(H,39,40)/b24-20+;25-20-/t27-,28-;26?,28-/m11/s1. The van der Waals surface area contributed by atoms with E-state index < -0.39 is 39.0 Å². The molecule has 4 aliphatic carbocycles. The molecule has 2 saturated carbocycles. The van der Waals surface area contributed by atoms with Crippen LogP contribution in [0.2, 0.25) is 0 Å². The zero-order valence-corrected chi connectivity index (χ0v) is 53.1. The van der Waals surface area contributed by atoms with Crippen molar-refractivity contribution in [2.75, 3.05) is 72.7 Å². The second-order valence-electron chi connectivity index (χ2n) is 24.5. The van der Waals surface area contributed by atoms with Gasteiger partial charge in [0.1, 0.15) is 13.2 Å². The second kappa shape index (κ2) is 28.8. The number of fused-ring (bicyclic) bond motifs is 8. The van der Waals surface area contributed by atoms with Gasteiger partial charge in [0, 0.05) is 86.3 Å². The van der Waals surface area contributed by atoms with Gasteiger partial charge < -0.3 is 49.8 Å². The fourth-order valence-corrected chi connectivity index (χ4v) is 14.2. The number of benzene rings is 6. The van der Waals surface area contributed by atoms with E-state index in [4.69, 9.17) is 18.5 Å². The van der Waals surface area contributed by atoms with E-state index in [0.717, 1.165) is 102 Å². The van der Waals surface area contributed by atoms with Gasteiger partial charge in [0.25, 0.3) is 0 Å². The van der Waals surface area contributed by atoms with Crippen LogP contribution in [0.25, 0.3) is 44.1 Å². The number of para-hydroxylation sites is 2. The first kappa shape index (κ1) is 62.8. The van der Waals surface area contributed by atoms with Gasteiger partial charge in [0.05, 0.1) is 31.2 Å². The number of hydrogen-bond acceptors (Lipinski definition) is 10. The number of rotatable bonds is 23. The number of hydrogen-bond donors (Lipinski definition) is 6. The van der Waals surface area contributed by atoms with Crippen molar-refractivity contribution >= 4 is 54.6 Å². The number of alkyl carbamates (subject to hydrolysis) is 2. The molecule has 2 aromatic heterocycles. The molecule has 0 radical (unpaired) electrons. The fraction of sp³-hybridized carbons (Fsp3) is 0.347. The molecule has 12 rings (SSSR count). The molecule has 4 aliphatic rings. The normalized spacial score (nSPS) is 17.8. The lowest BCUT2D eigenvalue weighted by Crippen LogP contribution is -2.38. The Morgan fingerprint density at radius 2 is 1.08 bits per heavy atom. The molecule has 8 aromatic rings. The molecule has 6 N–H and O–H groups in total. The van der Waals surface area contributed by atoms with Crippen molar-refractivity contribution in [2.45, 2.75) is 75.3 Å². The number of carbonyl (C=O) groups is 3. The van der Waals surface area contributed by atoms with Crippen LogP contribution in [0.5, 0.6) is 0 Å². The van der Waals surface area contributed by atoms with Crippen LogP contribution in [-0.2, 0) is 45.3 Å². The van der Waals surface area contributed by atoms with E-state index >= 15 is 0 Å². The van der Waals surface area contributed by atoms with Gasteiger partial charge in [-0.05, 0) is 131 Å². The van der Waals surface area contributed by atoms with Crippen LogP contribution in [0.15, 0.2) is 181 Å². The first-order chi connectivity index (χ1) is 43.1. The van der Waals surface area contributed by atoms with Crippen molar-refractivity contribution in [3.8, 4) is 22.3 Å². The summed E-state index contributed by atoms with van der Waals surface area (Å²) < 4.78 is 47.7. The number of carbonyl (C=O) groups excluding carboxylic acids is 3. The Kier molecular flexibility index (Phi) is 20.3. The lowest BCUT2D eigenvalue weighted by atomic mass is 9.98. The number of ether oxygens (including phenoxy) is 2. The summed E-state index contributed by atoms with van der Waals surface area (Å²) >= 11 is 0. The molecule has 6 aromatic carbocycles. The SMILES string of the molecule is CP(C)(=O)OC[C@@H](/C=C1/CCCC1CNCCc1c[nH]c2ccccc12)NC(=O)OCC1c2ccccc2-c2ccccc21.CP(C)(=O)OC[C@@H](/C=C1\CCC[C@H]1C(=O)NCCc1cc2ccccc2[nH]1)NC(=O)OCC1c2ccccc2-c2ccccc21. The summed E-state index contributed by atoms with van der Waals surface area (Å²) in [6.07, 6.45) is 12.2. The maximum atomic E-state index is 13.2. The average molecular weight is 1240 g/mol. The maximum absolute atomic E-state index is 13.2. The van der Waals surface area contributed by atoms with E-state index in [1.54, 1.807) is 26.7 Å². The Balaban J connectivity index is 0.000000184. The summed E-state index contributed by atoms with van der Waals surface area (Å²) in [6.45, 7) is 9.17. The van der Waals surface area contributed by atoms with E-state index in [1.165, 1.54) is 44.3 Å². The summed E-state index contributed by atoms with van der Waals surface area (Å²) in [7, 11) is -5.54. The highest BCUT2D eigenvalue weighted by molar-refractivity contribution is 7.57. The first-order valence-electron chi connectivity index (χ1n) is 31.2. The van der Waals surface area contributed by atoms with Gasteiger partial charge in [-0.3, -0.25) is 13.9 Å². The lowest BCUT2D eigenvalue weighted by molar-refractivity contribution is -0.123. The molecule has 4 atom stereocenters. The summed E-state index contributed by atoms with van der Waals surface area (Å²) in [5, 5.41) is 15.1. The Labute approximate surface area is 522 Å². The highest BCUT2D eigenvalue weighted by Gasteiger charge is 2.33. The highest BCUT2D eigenvalue weighted by atomic mass is 31.2. The van der Waals surface area contributed by atoms with Gasteiger partial charge in [-0.1, -0.05) is 157 Å². The van der Waals surface area contributed by atoms with Crippen molar-refractivity contribution in [1.29, 1.82) is 0 Å².